The van der Waals surface area contributed by atoms with E-state index >= 15 is 0 Å². The molecule has 0 bridgehead atoms. The van der Waals surface area contributed by atoms with Crippen molar-refractivity contribution in [1.82, 2.24) is 9.80 Å². The van der Waals surface area contributed by atoms with E-state index in [4.69, 9.17) is 10.5 Å². The van der Waals surface area contributed by atoms with Gasteiger partial charge < -0.3 is 15.4 Å². The minimum absolute atomic E-state index is 0.380. The van der Waals surface area contributed by atoms with E-state index in [0.717, 1.165) is 19.7 Å². The summed E-state index contributed by atoms with van der Waals surface area (Å²) in [5.74, 6) is 0. The van der Waals surface area contributed by atoms with Crippen LogP contribution in [0.15, 0.2) is 0 Å². The average Bonchev–Trinajstić information content (AvgIpc) is 2.88. The molecule has 2 rings (SSSR count). The largest absolute Gasteiger partial charge is 0.377 e. The Balaban J connectivity index is 1.90. The summed E-state index contributed by atoms with van der Waals surface area (Å²) >= 11 is 0. The molecule has 2 heterocycles. The first kappa shape index (κ1) is 12.3. The Morgan fingerprint density at radius 3 is 2.75 bits per heavy atom. The average molecular weight is 227 g/mol. The lowest BCUT2D eigenvalue weighted by Crippen LogP contribution is -2.48. The van der Waals surface area contributed by atoms with Gasteiger partial charge in [0.05, 0.1) is 6.10 Å². The smallest absolute Gasteiger partial charge is 0.0743 e. The highest BCUT2D eigenvalue weighted by atomic mass is 16.5. The van der Waals surface area contributed by atoms with Crippen LogP contribution in [0.4, 0.5) is 0 Å². The van der Waals surface area contributed by atoms with Crippen LogP contribution in [0.3, 0.4) is 0 Å². The SMILES string of the molecule is CN(C)C1CCN(C(CN)C2CCCO2)C1. The lowest BCUT2D eigenvalue weighted by atomic mass is 10.1. The molecule has 2 saturated heterocycles. The highest BCUT2D eigenvalue weighted by molar-refractivity contribution is 4.90. The maximum Gasteiger partial charge on any atom is 0.0743 e. The first-order valence-electron chi connectivity index (χ1n) is 6.44. The maximum atomic E-state index is 5.92. The summed E-state index contributed by atoms with van der Waals surface area (Å²) in [6.45, 7) is 3.97. The van der Waals surface area contributed by atoms with Crippen LogP contribution in [0, 0.1) is 0 Å². The zero-order valence-electron chi connectivity index (χ0n) is 10.6. The summed E-state index contributed by atoms with van der Waals surface area (Å²) in [7, 11) is 4.33. The van der Waals surface area contributed by atoms with Crippen molar-refractivity contribution in [3.05, 3.63) is 0 Å². The van der Waals surface area contributed by atoms with Gasteiger partial charge in [0.1, 0.15) is 0 Å². The van der Waals surface area contributed by atoms with Crippen LogP contribution < -0.4 is 5.73 Å². The molecule has 0 aromatic heterocycles. The van der Waals surface area contributed by atoms with Crippen molar-refractivity contribution in [1.29, 1.82) is 0 Å². The number of nitrogens with zero attached hydrogens (tertiary/aromatic N) is 2. The fourth-order valence-electron chi connectivity index (χ4n) is 2.93. The summed E-state index contributed by atoms with van der Waals surface area (Å²) in [5, 5.41) is 0. The van der Waals surface area contributed by atoms with Gasteiger partial charge in [0.15, 0.2) is 0 Å². The predicted molar refractivity (Wildman–Crippen MR) is 65.5 cm³/mol. The van der Waals surface area contributed by atoms with Crippen molar-refractivity contribution in [3.63, 3.8) is 0 Å². The van der Waals surface area contributed by atoms with E-state index in [9.17, 15) is 0 Å². The van der Waals surface area contributed by atoms with Gasteiger partial charge in [-0.2, -0.15) is 0 Å². The van der Waals surface area contributed by atoms with Crippen molar-refractivity contribution >= 4 is 0 Å². The molecule has 0 spiro atoms. The number of rotatable bonds is 4. The molecule has 2 N–H and O–H groups in total. The molecule has 0 amide bonds. The van der Waals surface area contributed by atoms with E-state index in [-0.39, 0.29) is 0 Å². The van der Waals surface area contributed by atoms with E-state index in [1.165, 1.54) is 25.8 Å². The van der Waals surface area contributed by atoms with Crippen LogP contribution in [0.25, 0.3) is 0 Å². The second-order valence-corrected chi connectivity index (χ2v) is 5.26. The molecule has 3 unspecified atom stereocenters. The highest BCUT2D eigenvalue weighted by Crippen LogP contribution is 2.23. The van der Waals surface area contributed by atoms with Gasteiger partial charge in [0.25, 0.3) is 0 Å². The Morgan fingerprint density at radius 1 is 1.44 bits per heavy atom. The Morgan fingerprint density at radius 2 is 2.25 bits per heavy atom. The second-order valence-electron chi connectivity index (χ2n) is 5.26. The number of ether oxygens (including phenoxy) is 1. The molecule has 94 valence electrons. The normalized spacial score (nSPS) is 33.8. The van der Waals surface area contributed by atoms with Crippen LogP contribution in [0.1, 0.15) is 19.3 Å². The van der Waals surface area contributed by atoms with Crippen molar-refractivity contribution < 1.29 is 4.74 Å². The van der Waals surface area contributed by atoms with Gasteiger partial charge in [-0.25, -0.2) is 0 Å². The van der Waals surface area contributed by atoms with E-state index < -0.39 is 0 Å². The van der Waals surface area contributed by atoms with E-state index in [0.29, 0.717) is 18.2 Å². The third-order valence-electron chi connectivity index (χ3n) is 4.03. The molecule has 16 heavy (non-hydrogen) atoms. The molecule has 2 aliphatic rings. The molecule has 0 saturated carbocycles. The molecule has 0 aromatic carbocycles. The van der Waals surface area contributed by atoms with Crippen LogP contribution in [-0.2, 0) is 4.74 Å². The third-order valence-corrected chi connectivity index (χ3v) is 4.03. The zero-order valence-corrected chi connectivity index (χ0v) is 10.6. The van der Waals surface area contributed by atoms with Gasteiger partial charge in [-0.3, -0.25) is 4.90 Å². The van der Waals surface area contributed by atoms with Crippen LogP contribution >= 0.6 is 0 Å². The van der Waals surface area contributed by atoms with Gasteiger partial charge in [0, 0.05) is 38.3 Å². The monoisotopic (exact) mass is 227 g/mol. The molecule has 0 aliphatic carbocycles. The standard InChI is InChI=1S/C12H25N3O/c1-14(2)10-5-6-15(9-10)11(8-13)12-4-3-7-16-12/h10-12H,3-9,13H2,1-2H3. The van der Waals surface area contributed by atoms with Crippen molar-refractivity contribution in [2.75, 3.05) is 40.3 Å². The Bertz CT molecular complexity index is 216. The number of nitrogens with two attached hydrogens (primary N) is 1. The highest BCUT2D eigenvalue weighted by Gasteiger charge is 2.34. The quantitative estimate of drug-likeness (QED) is 0.741. The van der Waals surface area contributed by atoms with E-state index in [2.05, 4.69) is 23.9 Å². The van der Waals surface area contributed by atoms with E-state index in [1.54, 1.807) is 0 Å². The van der Waals surface area contributed by atoms with E-state index in [1.807, 2.05) is 0 Å². The number of likely N-dealkylation sites (N-methyl/N-ethyl adjacent to an activating group) is 1. The van der Waals surface area contributed by atoms with Gasteiger partial charge in [-0.05, 0) is 33.4 Å². The molecule has 0 aromatic rings. The number of likely N-dealkylation sites (tertiary alicyclic amines) is 1. The maximum absolute atomic E-state index is 5.92. The fraction of sp³-hybridized carbons (Fsp3) is 1.00. The molecule has 2 aliphatic heterocycles. The van der Waals surface area contributed by atoms with Gasteiger partial charge in [-0.15, -0.1) is 0 Å². The molecular weight excluding hydrogens is 202 g/mol. The van der Waals surface area contributed by atoms with Crippen molar-refractivity contribution in [3.8, 4) is 0 Å². The summed E-state index contributed by atoms with van der Waals surface area (Å²) in [5.41, 5.74) is 5.92. The Labute approximate surface area is 98.7 Å². The zero-order chi connectivity index (χ0) is 11.5. The second kappa shape index (κ2) is 5.45. The number of hydrogen-bond donors (Lipinski definition) is 1. The topological polar surface area (TPSA) is 41.7 Å². The van der Waals surface area contributed by atoms with Gasteiger partial charge in [0.2, 0.25) is 0 Å². The molecule has 3 atom stereocenters. The first-order valence-corrected chi connectivity index (χ1v) is 6.44. The van der Waals surface area contributed by atoms with Crippen molar-refractivity contribution in [2.45, 2.75) is 37.5 Å². The molecule has 0 radical (unpaired) electrons. The summed E-state index contributed by atoms with van der Waals surface area (Å²) < 4.78 is 5.78. The molecule has 2 fully saturated rings. The molecular formula is C12H25N3O. The summed E-state index contributed by atoms with van der Waals surface area (Å²) in [6.07, 6.45) is 4.03. The third kappa shape index (κ3) is 2.56. The Kier molecular flexibility index (Phi) is 4.19. The van der Waals surface area contributed by atoms with Crippen LogP contribution in [0.5, 0.6) is 0 Å². The number of hydrogen-bond acceptors (Lipinski definition) is 4. The fourth-order valence-corrected chi connectivity index (χ4v) is 2.93. The lowest BCUT2D eigenvalue weighted by Gasteiger charge is -2.31. The molecule has 4 nitrogen and oxygen atoms in total. The Hall–Kier alpha value is -0.160. The van der Waals surface area contributed by atoms with Crippen molar-refractivity contribution in [2.24, 2.45) is 5.73 Å². The molecule has 4 heteroatoms. The van der Waals surface area contributed by atoms with Crippen LogP contribution in [-0.4, -0.2) is 68.3 Å². The lowest BCUT2D eigenvalue weighted by molar-refractivity contribution is 0.0344. The van der Waals surface area contributed by atoms with Crippen LogP contribution in [0.2, 0.25) is 0 Å². The minimum atomic E-state index is 0.380. The predicted octanol–water partition coefficient (Wildman–Crippen LogP) is 0.129. The van der Waals surface area contributed by atoms with Gasteiger partial charge in [-0.1, -0.05) is 0 Å². The summed E-state index contributed by atoms with van der Waals surface area (Å²) in [4.78, 5) is 4.85. The first-order chi connectivity index (χ1) is 7.72. The minimum Gasteiger partial charge on any atom is -0.377 e. The summed E-state index contributed by atoms with van der Waals surface area (Å²) in [6, 6.07) is 1.13. The van der Waals surface area contributed by atoms with Gasteiger partial charge >= 0.3 is 0 Å².